The average Bonchev–Trinajstić information content (AvgIpc) is 1.69. The number of carbonyl (C=O) groups is 2. The highest BCUT2D eigenvalue weighted by atomic mass is 79.9. The predicted molar refractivity (Wildman–Crippen MR) is 30.1 cm³/mol. The molecule has 0 saturated carbocycles. The Hall–Kier alpha value is -0.580. The molecule has 0 bridgehead atoms. The lowest BCUT2D eigenvalue weighted by molar-refractivity contribution is -0.133. The normalized spacial score (nSPS) is 6.12. The average molecular weight is 185 g/mol. The molecule has 0 heterocycles. The number of carboxylic acids is 1. The van der Waals surface area contributed by atoms with Gasteiger partial charge in [-0.05, 0) is 0 Å². The maximum Gasteiger partial charge on any atom is 0.314 e. The van der Waals surface area contributed by atoms with Gasteiger partial charge in [0.2, 0.25) is 0 Å². The molecule has 0 saturated heterocycles. The van der Waals surface area contributed by atoms with Crippen LogP contribution in [0.1, 0.15) is 0 Å². The Morgan fingerprint density at radius 2 is 1.88 bits per heavy atom. The fraction of sp³-hybridized carbons (Fsp3) is 0.333. The number of hydrogen-bond donors (Lipinski definition) is 2. The zero-order chi connectivity index (χ0) is 6.99. The van der Waals surface area contributed by atoms with E-state index in [0.29, 0.717) is 0 Å². The Balaban J connectivity index is 0. The van der Waals surface area contributed by atoms with E-state index < -0.39 is 5.97 Å². The maximum atomic E-state index is 9.32. The van der Waals surface area contributed by atoms with Crippen LogP contribution in [0.4, 0.5) is 0 Å². The molecule has 0 radical (unpaired) electrons. The zero-order valence-corrected chi connectivity index (χ0v) is 5.46. The highest BCUT2D eigenvalue weighted by molar-refractivity contribution is 9.09. The fourth-order valence-corrected chi connectivity index (χ4v) is 0. The van der Waals surface area contributed by atoms with Crippen molar-refractivity contribution in [3.05, 3.63) is 0 Å². The van der Waals surface area contributed by atoms with Crippen LogP contribution >= 0.6 is 15.9 Å². The van der Waals surface area contributed by atoms with Crippen molar-refractivity contribution in [3.8, 4) is 0 Å². The molecule has 0 aromatic heterocycles. The van der Waals surface area contributed by atoms with Gasteiger partial charge < -0.3 is 10.2 Å². The van der Waals surface area contributed by atoms with Crippen LogP contribution in [-0.2, 0) is 9.59 Å². The molecule has 0 unspecified atom stereocenters. The van der Waals surface area contributed by atoms with E-state index in [1.165, 1.54) is 0 Å². The van der Waals surface area contributed by atoms with Gasteiger partial charge in [0.25, 0.3) is 6.47 Å². The quantitative estimate of drug-likeness (QED) is 0.450. The van der Waals surface area contributed by atoms with Crippen LogP contribution in [0.2, 0.25) is 0 Å². The summed E-state index contributed by atoms with van der Waals surface area (Å²) in [7, 11) is 0. The molecule has 5 heteroatoms. The molecule has 4 nitrogen and oxygen atoms in total. The van der Waals surface area contributed by atoms with Crippen LogP contribution in [0.3, 0.4) is 0 Å². The molecule has 0 aliphatic heterocycles. The van der Waals surface area contributed by atoms with Crippen molar-refractivity contribution in [1.29, 1.82) is 0 Å². The molecule has 48 valence electrons. The monoisotopic (exact) mass is 184 g/mol. The SMILES string of the molecule is O=C(O)CBr.O=CO. The van der Waals surface area contributed by atoms with Gasteiger partial charge in [0.15, 0.2) is 0 Å². The van der Waals surface area contributed by atoms with Crippen molar-refractivity contribution in [3.63, 3.8) is 0 Å². The molecule has 2 N–H and O–H groups in total. The lowest BCUT2D eigenvalue weighted by Crippen LogP contribution is -1.92. The second-order valence-corrected chi connectivity index (χ2v) is 1.19. The minimum atomic E-state index is -0.829. The number of aliphatic carboxylic acids is 1. The first-order valence-corrected chi connectivity index (χ1v) is 2.66. The summed E-state index contributed by atoms with van der Waals surface area (Å²) in [5, 5.41) is 14.6. The Labute approximate surface area is 54.3 Å². The first kappa shape index (κ1) is 10.4. The summed E-state index contributed by atoms with van der Waals surface area (Å²) in [5.41, 5.74) is 0. The van der Waals surface area contributed by atoms with E-state index in [4.69, 9.17) is 15.0 Å². The van der Waals surface area contributed by atoms with Crippen LogP contribution in [-0.4, -0.2) is 28.0 Å². The molecule has 8 heavy (non-hydrogen) atoms. The standard InChI is InChI=1S/C2H3BrO2.CH2O2/c3-1-2(4)5;2-1-3/h1H2,(H,4,5);1H,(H,2,3). The predicted octanol–water partition coefficient (Wildman–Crippen LogP) is 0.167. The third-order valence-electron chi connectivity index (χ3n) is 0.114. The van der Waals surface area contributed by atoms with Gasteiger partial charge in [-0.25, -0.2) is 0 Å². The zero-order valence-electron chi connectivity index (χ0n) is 3.87. The van der Waals surface area contributed by atoms with Crippen LogP contribution in [0.15, 0.2) is 0 Å². The summed E-state index contributed by atoms with van der Waals surface area (Å²) in [4.78, 5) is 17.7. The molecule has 0 amide bonds. The van der Waals surface area contributed by atoms with E-state index >= 15 is 0 Å². The number of hydrogen-bond acceptors (Lipinski definition) is 2. The van der Waals surface area contributed by atoms with Gasteiger partial charge in [-0.3, -0.25) is 9.59 Å². The van der Waals surface area contributed by atoms with Crippen LogP contribution < -0.4 is 0 Å². The summed E-state index contributed by atoms with van der Waals surface area (Å²) in [6.45, 7) is -0.250. The van der Waals surface area contributed by atoms with Crippen molar-refractivity contribution in [2.45, 2.75) is 0 Å². The first-order chi connectivity index (χ1) is 3.68. The minimum Gasteiger partial charge on any atom is -0.483 e. The second-order valence-electron chi connectivity index (χ2n) is 0.633. The number of carboxylic acid groups (broad SMARTS) is 2. The molecule has 0 aliphatic rings. The van der Waals surface area contributed by atoms with Gasteiger partial charge in [0.05, 0.1) is 0 Å². The Bertz CT molecular complexity index is 71.7. The van der Waals surface area contributed by atoms with E-state index in [1.807, 2.05) is 0 Å². The van der Waals surface area contributed by atoms with Gasteiger partial charge >= 0.3 is 5.97 Å². The molecular formula is C3H5BrO4. The largest absolute Gasteiger partial charge is 0.483 e. The van der Waals surface area contributed by atoms with Crippen LogP contribution in [0.5, 0.6) is 0 Å². The maximum absolute atomic E-state index is 9.32. The molecule has 0 atom stereocenters. The van der Waals surface area contributed by atoms with E-state index in [0.717, 1.165) is 0 Å². The van der Waals surface area contributed by atoms with Crippen LogP contribution in [0, 0.1) is 0 Å². The molecule has 0 aromatic rings. The molecule has 0 aliphatic carbocycles. The molecule has 0 aromatic carbocycles. The van der Waals surface area contributed by atoms with E-state index in [1.54, 1.807) is 0 Å². The van der Waals surface area contributed by atoms with Gasteiger partial charge in [-0.1, -0.05) is 15.9 Å². The van der Waals surface area contributed by atoms with Crippen LogP contribution in [0.25, 0.3) is 0 Å². The van der Waals surface area contributed by atoms with E-state index in [9.17, 15) is 4.79 Å². The summed E-state index contributed by atoms with van der Waals surface area (Å²) in [6, 6.07) is 0. The number of halogens is 1. The fourth-order valence-electron chi connectivity index (χ4n) is 0. The number of alkyl halides is 1. The van der Waals surface area contributed by atoms with Gasteiger partial charge in [0.1, 0.15) is 5.33 Å². The third kappa shape index (κ3) is 52.5. The number of rotatable bonds is 1. The lowest BCUT2D eigenvalue weighted by atomic mass is 10.8. The first-order valence-electron chi connectivity index (χ1n) is 1.54. The Morgan fingerprint density at radius 3 is 1.88 bits per heavy atom. The summed E-state index contributed by atoms with van der Waals surface area (Å²) >= 11 is 2.71. The molecule has 0 spiro atoms. The second kappa shape index (κ2) is 9.65. The van der Waals surface area contributed by atoms with E-state index in [2.05, 4.69) is 15.9 Å². The lowest BCUT2D eigenvalue weighted by Gasteiger charge is -1.70. The Kier molecular flexibility index (Phi) is 12.6. The van der Waals surface area contributed by atoms with Crippen molar-refractivity contribution in [1.82, 2.24) is 0 Å². The van der Waals surface area contributed by atoms with E-state index in [-0.39, 0.29) is 11.8 Å². The molecular weight excluding hydrogens is 180 g/mol. The van der Waals surface area contributed by atoms with Gasteiger partial charge in [0, 0.05) is 0 Å². The highest BCUT2D eigenvalue weighted by Gasteiger charge is 1.83. The van der Waals surface area contributed by atoms with Gasteiger partial charge in [-0.15, -0.1) is 0 Å². The van der Waals surface area contributed by atoms with Crippen molar-refractivity contribution < 1.29 is 19.8 Å². The summed E-state index contributed by atoms with van der Waals surface area (Å²) in [6.07, 6.45) is 0. The third-order valence-corrected chi connectivity index (χ3v) is 0.594. The van der Waals surface area contributed by atoms with Gasteiger partial charge in [-0.2, -0.15) is 0 Å². The highest BCUT2D eigenvalue weighted by Crippen LogP contribution is 1.73. The minimum absolute atomic E-state index is 0.0347. The van der Waals surface area contributed by atoms with Crippen molar-refractivity contribution >= 4 is 28.4 Å². The van der Waals surface area contributed by atoms with Crippen molar-refractivity contribution in [2.75, 3.05) is 5.33 Å². The van der Waals surface area contributed by atoms with Crippen molar-refractivity contribution in [2.24, 2.45) is 0 Å². The topological polar surface area (TPSA) is 74.6 Å². The summed E-state index contributed by atoms with van der Waals surface area (Å²) in [5.74, 6) is -0.829. The molecule has 0 rings (SSSR count). The summed E-state index contributed by atoms with van der Waals surface area (Å²) < 4.78 is 0. The molecule has 0 fully saturated rings. The smallest absolute Gasteiger partial charge is 0.314 e. The Morgan fingerprint density at radius 1 is 1.75 bits per heavy atom.